The van der Waals surface area contributed by atoms with Gasteiger partial charge >= 0.3 is 19.8 Å². The number of nitrogens with one attached hydrogen (secondary N) is 1. The first-order chi connectivity index (χ1) is 2.41. The van der Waals surface area contributed by atoms with Crippen molar-refractivity contribution in [3.05, 3.63) is 0 Å². The van der Waals surface area contributed by atoms with Gasteiger partial charge in [0, 0.05) is 0 Å². The fraction of sp³-hybridized carbons (Fsp3) is 1.00. The van der Waals surface area contributed by atoms with Crippen LogP contribution in [0.2, 0.25) is 0 Å². The Bertz CT molecular complexity index is 15.0. The van der Waals surface area contributed by atoms with E-state index in [9.17, 15) is 0 Å². The monoisotopic (exact) mass is 265 g/mol. The van der Waals surface area contributed by atoms with E-state index < -0.39 is 0 Å². The van der Waals surface area contributed by atoms with Gasteiger partial charge in [0.15, 0.2) is 0 Å². The van der Waals surface area contributed by atoms with Crippen molar-refractivity contribution in [3.8, 4) is 0 Å². The van der Waals surface area contributed by atoms with Crippen LogP contribution in [0.1, 0.15) is 13.8 Å². The zero-order chi connectivity index (χ0) is 4.12. The molecule has 36 valence electrons. The van der Waals surface area contributed by atoms with E-state index in [1.165, 1.54) is 0 Å². The van der Waals surface area contributed by atoms with Gasteiger partial charge in [-0.3, -0.25) is 0 Å². The molecule has 0 unspecified atom stereocenters. The summed E-state index contributed by atoms with van der Waals surface area (Å²) in [5.41, 5.74) is 0. The average molecular weight is 263 g/mol. The van der Waals surface area contributed by atoms with Gasteiger partial charge in [-0.2, -0.15) is 0 Å². The van der Waals surface area contributed by atoms with Crippen LogP contribution in [-0.4, -0.2) is 13.1 Å². The summed E-state index contributed by atoms with van der Waals surface area (Å²) in [5, 5.41) is 3.11. The predicted molar refractivity (Wildman–Crippen MR) is 24.2 cm³/mol. The summed E-state index contributed by atoms with van der Waals surface area (Å²) >= 11 is 0. The molecule has 0 amide bonds. The summed E-state index contributed by atoms with van der Waals surface area (Å²) in [6.45, 7) is 6.39. The normalized spacial score (nSPS) is 7.00. The maximum atomic E-state index is 3.11. The molecular weight excluding hydrogens is 252 g/mol. The van der Waals surface area contributed by atoms with Crippen LogP contribution in [-0.2, 0) is 19.8 Å². The topological polar surface area (TPSA) is 12.0 Å². The second-order valence-electron chi connectivity index (χ2n) is 0.957. The first-order valence-corrected chi connectivity index (χ1v) is 2.12. The molecule has 0 aromatic heterocycles. The summed E-state index contributed by atoms with van der Waals surface area (Å²) in [6, 6.07) is 0. The average Bonchev–Trinajstić information content (AvgIpc) is 1.41. The Labute approximate surface area is 52.6 Å². The molecule has 0 radical (unpaired) electrons. The Morgan fingerprint density at radius 3 is 1.50 bits per heavy atom. The van der Waals surface area contributed by atoms with E-state index >= 15 is 0 Å². The van der Waals surface area contributed by atoms with Crippen LogP contribution in [0, 0.1) is 0 Å². The Morgan fingerprint density at radius 2 is 1.50 bits per heavy atom. The van der Waals surface area contributed by atoms with Crippen molar-refractivity contribution in [1.29, 1.82) is 0 Å². The van der Waals surface area contributed by atoms with Gasteiger partial charge in [0.25, 0.3) is 0 Å². The van der Waals surface area contributed by atoms with Gasteiger partial charge in [-0.15, -0.1) is 0 Å². The molecule has 0 saturated carbocycles. The Hall–Kier alpha value is 0.596. The molecule has 0 saturated heterocycles. The summed E-state index contributed by atoms with van der Waals surface area (Å²) in [6.07, 6.45) is 0. The molecule has 6 heavy (non-hydrogen) atoms. The van der Waals surface area contributed by atoms with Gasteiger partial charge in [-0.05, 0) is 13.1 Å². The van der Waals surface area contributed by atoms with Gasteiger partial charge in [0.2, 0.25) is 0 Å². The molecule has 1 nitrogen and oxygen atoms in total. The van der Waals surface area contributed by atoms with Gasteiger partial charge in [-0.25, -0.2) is 0 Å². The fourth-order valence-corrected chi connectivity index (χ4v) is 0.250. The maximum absolute atomic E-state index is 3.11. The standard InChI is InChI=1S/C4H11N.Os/c1-3-5-4-2;/h5H,3-4H2,1-2H3;/q;+4. The van der Waals surface area contributed by atoms with Crippen molar-refractivity contribution in [1.82, 2.24) is 5.32 Å². The number of rotatable bonds is 2. The van der Waals surface area contributed by atoms with E-state index in [0.29, 0.717) is 0 Å². The van der Waals surface area contributed by atoms with Crippen molar-refractivity contribution < 1.29 is 19.8 Å². The minimum Gasteiger partial charge on any atom is -0.317 e. The molecule has 0 aromatic carbocycles. The zero-order valence-electron chi connectivity index (χ0n) is 4.27. The van der Waals surface area contributed by atoms with Crippen LogP contribution >= 0.6 is 0 Å². The van der Waals surface area contributed by atoms with Crippen LogP contribution in [0.3, 0.4) is 0 Å². The minimum absolute atomic E-state index is 0. The summed E-state index contributed by atoms with van der Waals surface area (Å²) in [7, 11) is 0. The first kappa shape index (κ1) is 9.78. The van der Waals surface area contributed by atoms with Crippen molar-refractivity contribution in [3.63, 3.8) is 0 Å². The molecule has 1 N–H and O–H groups in total. The molecule has 0 spiro atoms. The van der Waals surface area contributed by atoms with Gasteiger partial charge in [-0.1, -0.05) is 13.8 Å². The maximum Gasteiger partial charge on any atom is 4.00 e. The molecule has 0 bridgehead atoms. The first-order valence-electron chi connectivity index (χ1n) is 2.12. The van der Waals surface area contributed by atoms with Crippen LogP contribution in [0.15, 0.2) is 0 Å². The van der Waals surface area contributed by atoms with Crippen LogP contribution in [0.25, 0.3) is 0 Å². The quantitative estimate of drug-likeness (QED) is 0.770. The number of hydrogen-bond donors (Lipinski definition) is 1. The van der Waals surface area contributed by atoms with Gasteiger partial charge < -0.3 is 5.32 Å². The van der Waals surface area contributed by atoms with Gasteiger partial charge in [0.1, 0.15) is 0 Å². The molecule has 0 aliphatic rings. The molecular formula is C4H11NOs+4. The fourth-order valence-electron chi connectivity index (χ4n) is 0.250. The van der Waals surface area contributed by atoms with E-state index in [2.05, 4.69) is 19.2 Å². The Balaban J connectivity index is 0. The van der Waals surface area contributed by atoms with E-state index in [4.69, 9.17) is 0 Å². The van der Waals surface area contributed by atoms with Crippen LogP contribution < -0.4 is 5.32 Å². The van der Waals surface area contributed by atoms with Crippen LogP contribution in [0.4, 0.5) is 0 Å². The predicted octanol–water partition coefficient (Wildman–Crippen LogP) is 0.613. The van der Waals surface area contributed by atoms with E-state index in [-0.39, 0.29) is 19.8 Å². The zero-order valence-corrected chi connectivity index (χ0v) is 6.81. The summed E-state index contributed by atoms with van der Waals surface area (Å²) < 4.78 is 0. The largest absolute Gasteiger partial charge is 4.00 e. The Kier molecular flexibility index (Phi) is 14.9. The van der Waals surface area contributed by atoms with Crippen LogP contribution in [0.5, 0.6) is 0 Å². The van der Waals surface area contributed by atoms with Crippen molar-refractivity contribution >= 4 is 0 Å². The molecule has 0 aliphatic heterocycles. The second kappa shape index (κ2) is 9.14. The SMILES string of the molecule is CCNCC.[Os+4]. The van der Waals surface area contributed by atoms with Crippen molar-refractivity contribution in [2.24, 2.45) is 0 Å². The van der Waals surface area contributed by atoms with Crippen molar-refractivity contribution in [2.45, 2.75) is 13.8 Å². The molecule has 0 rings (SSSR count). The number of hydrogen-bond acceptors (Lipinski definition) is 1. The Morgan fingerprint density at radius 1 is 1.17 bits per heavy atom. The smallest absolute Gasteiger partial charge is 0.317 e. The van der Waals surface area contributed by atoms with E-state index in [1.807, 2.05) is 0 Å². The molecule has 0 aliphatic carbocycles. The third-order valence-corrected chi connectivity index (χ3v) is 0.500. The molecule has 2 heteroatoms. The molecule has 0 fully saturated rings. The second-order valence-corrected chi connectivity index (χ2v) is 0.957. The molecule has 0 heterocycles. The van der Waals surface area contributed by atoms with E-state index in [1.54, 1.807) is 0 Å². The molecule has 0 aromatic rings. The summed E-state index contributed by atoms with van der Waals surface area (Å²) in [4.78, 5) is 0. The minimum atomic E-state index is 0. The third-order valence-electron chi connectivity index (χ3n) is 0.500. The van der Waals surface area contributed by atoms with Gasteiger partial charge in [0.05, 0.1) is 0 Å². The third kappa shape index (κ3) is 8.82. The molecule has 0 atom stereocenters. The van der Waals surface area contributed by atoms with Crippen molar-refractivity contribution in [2.75, 3.05) is 13.1 Å². The van der Waals surface area contributed by atoms with E-state index in [0.717, 1.165) is 13.1 Å². The summed E-state index contributed by atoms with van der Waals surface area (Å²) in [5.74, 6) is 0.